The molecule has 0 aromatic carbocycles. The predicted molar refractivity (Wildman–Crippen MR) is 175 cm³/mol. The van der Waals surface area contributed by atoms with E-state index >= 15 is 0 Å². The Hall–Kier alpha value is -0.0694. The molecule has 0 radical (unpaired) electrons. The summed E-state index contributed by atoms with van der Waals surface area (Å²) in [7, 11) is -6.09. The highest BCUT2D eigenvalue weighted by molar-refractivity contribution is 6.75. The molecule has 1 heterocycles. The fourth-order valence-electron chi connectivity index (χ4n) is 3.54. The Bertz CT molecular complexity index is 842. The second kappa shape index (κ2) is 12.7. The van der Waals surface area contributed by atoms with Gasteiger partial charge in [0.2, 0.25) is 0 Å². The van der Waals surface area contributed by atoms with Crippen molar-refractivity contribution < 1.29 is 22.8 Å². The summed E-state index contributed by atoms with van der Waals surface area (Å²) in [6.07, 6.45) is 7.74. The maximum absolute atomic E-state index is 7.06. The van der Waals surface area contributed by atoms with Crippen LogP contribution in [0.2, 0.25) is 54.4 Å². The third-order valence-corrected chi connectivity index (χ3v) is 22.8. The molecule has 0 aromatic rings. The standard InChI is InChI=1S/C31H64O5Si3/c1-19-20-25(35-38(15,16)29(5,6)7)26(36-39(17,18)30(8,9)10)22-21-24-27(34-31(11,12)33-24)23-32-37(13,14)28(2,3)4/h19-22,24-27H,23H2,1-18H3/b20-19+,22-21+/t24-,25-,26-,27-/m0/s1. The van der Waals surface area contributed by atoms with Crippen molar-refractivity contribution in [3.8, 4) is 0 Å². The molecule has 5 nitrogen and oxygen atoms in total. The molecular weight excluding hydrogens is 537 g/mol. The highest BCUT2D eigenvalue weighted by Gasteiger charge is 2.46. The Balaban J connectivity index is 3.41. The fourth-order valence-corrected chi connectivity index (χ4v) is 7.04. The van der Waals surface area contributed by atoms with Crippen molar-refractivity contribution in [3.63, 3.8) is 0 Å². The van der Waals surface area contributed by atoms with Gasteiger partial charge in [0.15, 0.2) is 30.7 Å². The molecule has 230 valence electrons. The van der Waals surface area contributed by atoms with Gasteiger partial charge >= 0.3 is 0 Å². The average molecular weight is 601 g/mol. The minimum Gasteiger partial charge on any atom is -0.414 e. The summed E-state index contributed by atoms with van der Waals surface area (Å²) in [6.45, 7) is 40.8. The number of ether oxygens (including phenoxy) is 2. The largest absolute Gasteiger partial charge is 0.414 e. The molecule has 0 spiro atoms. The Morgan fingerprint density at radius 1 is 0.692 bits per heavy atom. The molecule has 0 N–H and O–H groups in total. The lowest BCUT2D eigenvalue weighted by Gasteiger charge is -2.44. The van der Waals surface area contributed by atoms with E-state index in [-0.39, 0.29) is 39.5 Å². The van der Waals surface area contributed by atoms with Gasteiger partial charge in [-0.3, -0.25) is 0 Å². The third-order valence-electron chi connectivity index (χ3n) is 9.31. The Kier molecular flexibility index (Phi) is 12.0. The lowest BCUT2D eigenvalue weighted by Crippen LogP contribution is -2.51. The van der Waals surface area contributed by atoms with E-state index in [0.29, 0.717) is 6.61 Å². The first-order valence-electron chi connectivity index (χ1n) is 14.8. The van der Waals surface area contributed by atoms with Gasteiger partial charge in [-0.05, 0) is 75.2 Å². The van der Waals surface area contributed by atoms with Gasteiger partial charge < -0.3 is 22.8 Å². The van der Waals surface area contributed by atoms with Crippen LogP contribution in [-0.2, 0) is 22.8 Å². The monoisotopic (exact) mass is 600 g/mol. The molecule has 1 fully saturated rings. The van der Waals surface area contributed by atoms with E-state index < -0.39 is 30.7 Å². The molecule has 0 unspecified atom stereocenters. The van der Waals surface area contributed by atoms with Gasteiger partial charge in [0.25, 0.3) is 0 Å². The maximum atomic E-state index is 7.06. The molecule has 0 aromatic heterocycles. The lowest BCUT2D eigenvalue weighted by atomic mass is 10.1. The van der Waals surface area contributed by atoms with Crippen molar-refractivity contribution in [2.45, 2.75) is 168 Å². The number of allylic oxidation sites excluding steroid dienone is 1. The maximum Gasteiger partial charge on any atom is 0.193 e. The Morgan fingerprint density at radius 3 is 1.49 bits per heavy atom. The zero-order chi connectivity index (χ0) is 30.9. The van der Waals surface area contributed by atoms with Crippen LogP contribution in [0.15, 0.2) is 24.3 Å². The van der Waals surface area contributed by atoms with Gasteiger partial charge in [-0.15, -0.1) is 0 Å². The molecular formula is C31H64O5Si3. The van der Waals surface area contributed by atoms with Crippen LogP contribution in [-0.4, -0.2) is 61.8 Å². The van der Waals surface area contributed by atoms with Gasteiger partial charge in [-0.1, -0.05) is 86.6 Å². The predicted octanol–water partition coefficient (Wildman–Crippen LogP) is 9.44. The molecule has 4 atom stereocenters. The van der Waals surface area contributed by atoms with E-state index in [9.17, 15) is 0 Å². The highest BCUT2D eigenvalue weighted by atomic mass is 28.4. The normalized spacial score (nSPS) is 23.6. The lowest BCUT2D eigenvalue weighted by molar-refractivity contribution is -0.145. The van der Waals surface area contributed by atoms with Crippen LogP contribution >= 0.6 is 0 Å². The van der Waals surface area contributed by atoms with Crippen molar-refractivity contribution in [2.75, 3.05) is 6.61 Å². The number of rotatable bonds is 11. The van der Waals surface area contributed by atoms with Crippen LogP contribution in [0, 0.1) is 0 Å². The zero-order valence-corrected chi connectivity index (χ0v) is 31.9. The van der Waals surface area contributed by atoms with Crippen LogP contribution in [0.3, 0.4) is 0 Å². The number of hydrogen-bond acceptors (Lipinski definition) is 5. The van der Waals surface area contributed by atoms with Crippen LogP contribution in [0.5, 0.6) is 0 Å². The molecule has 1 saturated heterocycles. The first kappa shape index (κ1) is 37.0. The molecule has 0 saturated carbocycles. The average Bonchev–Trinajstić information content (AvgIpc) is 3.00. The topological polar surface area (TPSA) is 46.2 Å². The van der Waals surface area contributed by atoms with Crippen molar-refractivity contribution in [1.82, 2.24) is 0 Å². The van der Waals surface area contributed by atoms with Crippen molar-refractivity contribution >= 4 is 25.0 Å². The first-order chi connectivity index (χ1) is 17.2. The summed E-state index contributed by atoms with van der Waals surface area (Å²) < 4.78 is 33.3. The molecule has 0 bridgehead atoms. The van der Waals surface area contributed by atoms with Gasteiger partial charge in [0.1, 0.15) is 12.2 Å². The molecule has 1 rings (SSSR count). The second-order valence-corrected chi connectivity index (χ2v) is 30.6. The van der Waals surface area contributed by atoms with Crippen LogP contribution in [0.25, 0.3) is 0 Å². The second-order valence-electron chi connectivity index (χ2n) is 16.3. The van der Waals surface area contributed by atoms with E-state index in [2.05, 4.69) is 133 Å². The summed E-state index contributed by atoms with van der Waals surface area (Å²) >= 11 is 0. The minimum atomic E-state index is -2.11. The first-order valence-corrected chi connectivity index (χ1v) is 23.5. The zero-order valence-electron chi connectivity index (χ0n) is 28.9. The summed E-state index contributed by atoms with van der Waals surface area (Å²) in [5, 5.41) is 0.304. The van der Waals surface area contributed by atoms with Crippen molar-refractivity contribution in [3.05, 3.63) is 24.3 Å². The molecule has 1 aliphatic rings. The fraction of sp³-hybridized carbons (Fsp3) is 0.871. The van der Waals surface area contributed by atoms with Crippen LogP contribution < -0.4 is 0 Å². The molecule has 0 aliphatic carbocycles. The van der Waals surface area contributed by atoms with Crippen LogP contribution in [0.1, 0.15) is 83.1 Å². The molecule has 8 heteroatoms. The third kappa shape index (κ3) is 10.3. The summed E-state index contributed by atoms with van der Waals surface area (Å²) in [5.41, 5.74) is 0. The smallest absolute Gasteiger partial charge is 0.193 e. The summed E-state index contributed by atoms with van der Waals surface area (Å²) in [6, 6.07) is 0. The molecule has 0 amide bonds. The van der Waals surface area contributed by atoms with Gasteiger partial charge in [-0.2, -0.15) is 0 Å². The van der Waals surface area contributed by atoms with Gasteiger partial charge in [-0.25, -0.2) is 0 Å². The summed E-state index contributed by atoms with van der Waals surface area (Å²) in [4.78, 5) is 0. The number of hydrogen-bond donors (Lipinski definition) is 0. The van der Waals surface area contributed by atoms with Crippen LogP contribution in [0.4, 0.5) is 0 Å². The highest BCUT2D eigenvalue weighted by Crippen LogP contribution is 2.41. The Morgan fingerprint density at radius 2 is 1.10 bits per heavy atom. The Labute approximate surface area is 245 Å². The molecule has 1 aliphatic heterocycles. The SMILES string of the molecule is C/C=C/[C@H](O[Si](C)(C)C(C)(C)C)[C@H](/C=C/[C@@H]1OC(C)(C)O[C@H]1CO[Si](C)(C)C(C)(C)C)O[Si](C)(C)C(C)(C)C. The summed E-state index contributed by atoms with van der Waals surface area (Å²) in [5.74, 6) is -0.674. The van der Waals surface area contributed by atoms with E-state index in [4.69, 9.17) is 22.8 Å². The molecule has 39 heavy (non-hydrogen) atoms. The quantitative estimate of drug-likeness (QED) is 0.175. The van der Waals surface area contributed by atoms with Crippen molar-refractivity contribution in [2.24, 2.45) is 0 Å². The van der Waals surface area contributed by atoms with E-state index in [1.54, 1.807) is 0 Å². The van der Waals surface area contributed by atoms with E-state index in [1.165, 1.54) is 0 Å². The van der Waals surface area contributed by atoms with Gasteiger partial charge in [0.05, 0.1) is 18.8 Å². The van der Waals surface area contributed by atoms with Gasteiger partial charge in [0, 0.05) is 0 Å². The van der Waals surface area contributed by atoms with E-state index in [1.807, 2.05) is 13.8 Å². The van der Waals surface area contributed by atoms with E-state index in [0.717, 1.165) is 0 Å². The van der Waals surface area contributed by atoms with Crippen molar-refractivity contribution in [1.29, 1.82) is 0 Å². The minimum absolute atomic E-state index is 0.0744.